The van der Waals surface area contributed by atoms with Crippen LogP contribution in [0.5, 0.6) is 0 Å². The zero-order valence-electron chi connectivity index (χ0n) is 10.1. The molecule has 0 aliphatic heterocycles. The summed E-state index contributed by atoms with van der Waals surface area (Å²) in [6.07, 6.45) is 4.94. The minimum Gasteiger partial charge on any atom is -0.480 e. The second-order valence-corrected chi connectivity index (χ2v) is 4.70. The van der Waals surface area contributed by atoms with Crippen molar-refractivity contribution in [2.24, 2.45) is 0 Å². The number of carboxylic acid groups (broad SMARTS) is 1. The summed E-state index contributed by atoms with van der Waals surface area (Å²) in [6, 6.07) is 1.95. The molecule has 6 nitrogen and oxygen atoms in total. The summed E-state index contributed by atoms with van der Waals surface area (Å²) < 4.78 is 0. The van der Waals surface area contributed by atoms with E-state index in [4.69, 9.17) is 11.5 Å². The number of nitrogens with one attached hydrogen (secondary N) is 2. The van der Waals surface area contributed by atoms with Crippen molar-refractivity contribution in [2.45, 2.75) is 19.4 Å². The number of carbonyl (C=O) groups excluding carboxylic acids is 2. The number of hydrogen-bond acceptors (Lipinski definition) is 4. The Hall–Kier alpha value is -2.33. The van der Waals surface area contributed by atoms with E-state index in [1.54, 1.807) is 6.07 Å². The molecule has 0 aliphatic rings. The van der Waals surface area contributed by atoms with Crippen LogP contribution in [0.3, 0.4) is 0 Å². The average Bonchev–Trinajstić information content (AvgIpc) is 2.75. The molecule has 0 aliphatic carbocycles. The highest BCUT2D eigenvalue weighted by Crippen LogP contribution is 2.21. The Morgan fingerprint density at radius 3 is 2.68 bits per heavy atom. The summed E-state index contributed by atoms with van der Waals surface area (Å²) in [5.41, 5.74) is 0. The van der Waals surface area contributed by atoms with Gasteiger partial charge in [0.05, 0.1) is 9.88 Å². The van der Waals surface area contributed by atoms with Crippen LogP contribution in [0.25, 0.3) is 0 Å². The molecule has 0 spiro atoms. The van der Waals surface area contributed by atoms with E-state index in [0.29, 0.717) is 9.88 Å². The number of rotatable bonds is 5. The molecule has 1 heterocycles. The SMILES string of the molecule is C#CCC(NC(=O)c1ccc(NC(C)=O)s1)C(=O)O. The molecule has 0 saturated heterocycles. The minimum atomic E-state index is -1.19. The van der Waals surface area contributed by atoms with Crippen LogP contribution in [-0.4, -0.2) is 28.9 Å². The largest absolute Gasteiger partial charge is 0.480 e. The van der Waals surface area contributed by atoms with Crippen LogP contribution in [0.4, 0.5) is 5.00 Å². The number of anilines is 1. The first kappa shape index (κ1) is 14.7. The van der Waals surface area contributed by atoms with Crippen molar-refractivity contribution in [2.75, 3.05) is 5.32 Å². The Balaban J connectivity index is 2.72. The second kappa shape index (κ2) is 6.56. The lowest BCUT2D eigenvalue weighted by Crippen LogP contribution is -2.40. The van der Waals surface area contributed by atoms with Gasteiger partial charge < -0.3 is 15.7 Å². The summed E-state index contributed by atoms with van der Waals surface area (Å²) in [7, 11) is 0. The summed E-state index contributed by atoms with van der Waals surface area (Å²) in [5.74, 6) is 0.215. The van der Waals surface area contributed by atoms with Gasteiger partial charge in [-0.05, 0) is 12.1 Å². The van der Waals surface area contributed by atoms with Gasteiger partial charge in [-0.15, -0.1) is 23.7 Å². The summed E-state index contributed by atoms with van der Waals surface area (Å²) in [5, 5.41) is 14.2. The van der Waals surface area contributed by atoms with Crippen molar-refractivity contribution in [3.8, 4) is 12.3 Å². The topological polar surface area (TPSA) is 95.5 Å². The van der Waals surface area contributed by atoms with Crippen LogP contribution in [-0.2, 0) is 9.59 Å². The fourth-order valence-corrected chi connectivity index (χ4v) is 2.10. The molecule has 0 fully saturated rings. The first-order valence-electron chi connectivity index (χ1n) is 5.28. The van der Waals surface area contributed by atoms with E-state index < -0.39 is 17.9 Å². The minimum absolute atomic E-state index is 0.0923. The third-order valence-corrected chi connectivity index (χ3v) is 3.05. The predicted octanol–water partition coefficient (Wildman–Crippen LogP) is 0.913. The van der Waals surface area contributed by atoms with Crippen LogP contribution in [0.15, 0.2) is 12.1 Å². The molecule has 0 aromatic carbocycles. The van der Waals surface area contributed by atoms with Gasteiger partial charge in [-0.2, -0.15) is 0 Å². The van der Waals surface area contributed by atoms with Gasteiger partial charge in [-0.3, -0.25) is 9.59 Å². The molecular weight excluding hydrogens is 268 g/mol. The van der Waals surface area contributed by atoms with Crippen molar-refractivity contribution in [3.05, 3.63) is 17.0 Å². The quantitative estimate of drug-likeness (QED) is 0.699. The molecule has 1 unspecified atom stereocenters. The van der Waals surface area contributed by atoms with E-state index in [0.717, 1.165) is 11.3 Å². The summed E-state index contributed by atoms with van der Waals surface area (Å²) in [6.45, 7) is 1.35. The van der Waals surface area contributed by atoms with Crippen LogP contribution < -0.4 is 10.6 Å². The molecule has 0 radical (unpaired) electrons. The molecule has 100 valence electrons. The molecule has 1 aromatic heterocycles. The maximum atomic E-state index is 11.8. The van der Waals surface area contributed by atoms with Gasteiger partial charge in [-0.1, -0.05) is 0 Å². The number of hydrogen-bond donors (Lipinski definition) is 3. The Bertz CT molecular complexity index is 544. The van der Waals surface area contributed by atoms with Gasteiger partial charge in [0.25, 0.3) is 5.91 Å². The van der Waals surface area contributed by atoms with Crippen molar-refractivity contribution in [1.82, 2.24) is 5.32 Å². The lowest BCUT2D eigenvalue weighted by Gasteiger charge is -2.10. The smallest absolute Gasteiger partial charge is 0.327 e. The molecule has 7 heteroatoms. The number of amides is 2. The maximum absolute atomic E-state index is 11.8. The Labute approximate surface area is 113 Å². The highest BCUT2D eigenvalue weighted by Gasteiger charge is 2.20. The highest BCUT2D eigenvalue weighted by molar-refractivity contribution is 7.18. The number of terminal acetylenes is 1. The van der Waals surface area contributed by atoms with Crippen molar-refractivity contribution < 1.29 is 19.5 Å². The average molecular weight is 280 g/mol. The Kier molecular flexibility index (Phi) is 5.09. The first-order valence-corrected chi connectivity index (χ1v) is 6.10. The monoisotopic (exact) mass is 280 g/mol. The number of carbonyl (C=O) groups is 3. The molecule has 0 saturated carbocycles. The highest BCUT2D eigenvalue weighted by atomic mass is 32.1. The van der Waals surface area contributed by atoms with E-state index in [1.165, 1.54) is 13.0 Å². The molecule has 19 heavy (non-hydrogen) atoms. The lowest BCUT2D eigenvalue weighted by atomic mass is 10.2. The van der Waals surface area contributed by atoms with Crippen LogP contribution in [0.1, 0.15) is 23.0 Å². The fourth-order valence-electron chi connectivity index (χ4n) is 1.25. The van der Waals surface area contributed by atoms with Crippen LogP contribution in [0.2, 0.25) is 0 Å². The second-order valence-electron chi connectivity index (χ2n) is 3.62. The van der Waals surface area contributed by atoms with E-state index in [1.807, 2.05) is 0 Å². The van der Waals surface area contributed by atoms with E-state index in [9.17, 15) is 14.4 Å². The Morgan fingerprint density at radius 2 is 2.16 bits per heavy atom. The van der Waals surface area contributed by atoms with Crippen molar-refractivity contribution in [3.63, 3.8) is 0 Å². The third kappa shape index (κ3) is 4.44. The van der Waals surface area contributed by atoms with Gasteiger partial charge in [0.2, 0.25) is 5.91 Å². The third-order valence-electron chi connectivity index (χ3n) is 2.05. The van der Waals surface area contributed by atoms with Crippen molar-refractivity contribution in [1.29, 1.82) is 0 Å². The molecular formula is C12H12N2O4S. The molecule has 1 atom stereocenters. The summed E-state index contributed by atoms with van der Waals surface area (Å²) in [4.78, 5) is 33.8. The molecule has 1 rings (SSSR count). The first-order chi connectivity index (χ1) is 8.93. The van der Waals surface area contributed by atoms with Gasteiger partial charge in [0, 0.05) is 13.3 Å². The van der Waals surface area contributed by atoms with Gasteiger partial charge in [0.15, 0.2) is 0 Å². The predicted molar refractivity (Wildman–Crippen MR) is 71.0 cm³/mol. The molecule has 3 N–H and O–H groups in total. The lowest BCUT2D eigenvalue weighted by molar-refractivity contribution is -0.139. The number of carboxylic acids is 1. The Morgan fingerprint density at radius 1 is 1.47 bits per heavy atom. The standard InChI is InChI=1S/C12H12N2O4S/c1-3-4-8(12(17)18)14-11(16)9-5-6-10(19-9)13-7(2)15/h1,5-6,8H,4H2,2H3,(H,13,15)(H,14,16)(H,17,18). The number of aliphatic carboxylic acids is 1. The molecule has 1 aromatic rings. The van der Waals surface area contributed by atoms with Gasteiger partial charge in [-0.25, -0.2) is 4.79 Å². The summed E-state index contributed by atoms with van der Waals surface area (Å²) >= 11 is 1.05. The molecule has 2 amide bonds. The van der Waals surface area contributed by atoms with Gasteiger partial charge in [0.1, 0.15) is 6.04 Å². The van der Waals surface area contributed by atoms with Crippen LogP contribution >= 0.6 is 11.3 Å². The zero-order chi connectivity index (χ0) is 14.4. The van der Waals surface area contributed by atoms with Crippen LogP contribution in [0, 0.1) is 12.3 Å². The normalized spacial score (nSPS) is 11.2. The van der Waals surface area contributed by atoms with Gasteiger partial charge >= 0.3 is 5.97 Å². The molecule has 0 bridgehead atoms. The fraction of sp³-hybridized carbons (Fsp3) is 0.250. The van der Waals surface area contributed by atoms with E-state index in [-0.39, 0.29) is 12.3 Å². The zero-order valence-corrected chi connectivity index (χ0v) is 10.9. The number of thiophene rings is 1. The van der Waals surface area contributed by atoms with Crippen molar-refractivity contribution >= 4 is 34.1 Å². The van der Waals surface area contributed by atoms with E-state index >= 15 is 0 Å². The van der Waals surface area contributed by atoms with E-state index in [2.05, 4.69) is 16.6 Å². The maximum Gasteiger partial charge on any atom is 0.327 e.